The molecule has 0 atom stereocenters. The minimum Gasteiger partial charge on any atom is -0.0616 e. The molecule has 0 heteroatoms. The molecule has 0 unspecified atom stereocenters. The molecule has 5 rings (SSSR count). The molecule has 1 radical (unpaired) electrons. The first-order valence-corrected chi connectivity index (χ1v) is 7.55. The van der Waals surface area contributed by atoms with Gasteiger partial charge in [-0.15, -0.1) is 0 Å². The van der Waals surface area contributed by atoms with Crippen LogP contribution in [0.3, 0.4) is 0 Å². The Morgan fingerprint density at radius 2 is 1.23 bits per heavy atom. The zero-order chi connectivity index (χ0) is 14.5. The topological polar surface area (TPSA) is 0 Å². The van der Waals surface area contributed by atoms with Crippen molar-refractivity contribution in [3.05, 3.63) is 84.9 Å². The first-order chi connectivity index (χ1) is 10.9. The van der Waals surface area contributed by atoms with Gasteiger partial charge in [-0.3, -0.25) is 0 Å². The molecule has 0 amide bonds. The summed E-state index contributed by atoms with van der Waals surface area (Å²) < 4.78 is 0. The van der Waals surface area contributed by atoms with Crippen LogP contribution in [0, 0.1) is 6.07 Å². The maximum atomic E-state index is 3.41. The van der Waals surface area contributed by atoms with Crippen LogP contribution in [0.2, 0.25) is 0 Å². The molecule has 101 valence electrons. The van der Waals surface area contributed by atoms with Gasteiger partial charge in [-0.1, -0.05) is 66.7 Å². The lowest BCUT2D eigenvalue weighted by Gasteiger charge is -2.08. The van der Waals surface area contributed by atoms with Gasteiger partial charge >= 0.3 is 0 Å². The summed E-state index contributed by atoms with van der Waals surface area (Å²) in [6.07, 6.45) is 0. The van der Waals surface area contributed by atoms with Crippen LogP contribution in [0.4, 0.5) is 0 Å². The highest BCUT2D eigenvalue weighted by molar-refractivity contribution is 6.17. The van der Waals surface area contributed by atoms with E-state index in [-0.39, 0.29) is 0 Å². The molecule has 0 heterocycles. The third kappa shape index (κ3) is 1.58. The Labute approximate surface area is 128 Å². The summed E-state index contributed by atoms with van der Waals surface area (Å²) in [5.41, 5.74) is 0. The van der Waals surface area contributed by atoms with Crippen molar-refractivity contribution < 1.29 is 0 Å². The molecular formula is C22H13. The van der Waals surface area contributed by atoms with Crippen molar-refractivity contribution in [2.24, 2.45) is 0 Å². The molecule has 0 saturated heterocycles. The van der Waals surface area contributed by atoms with Crippen molar-refractivity contribution >= 4 is 43.1 Å². The lowest BCUT2D eigenvalue weighted by atomic mass is 9.95. The van der Waals surface area contributed by atoms with Gasteiger partial charge in [-0.2, -0.15) is 0 Å². The van der Waals surface area contributed by atoms with Crippen LogP contribution in [-0.2, 0) is 0 Å². The highest BCUT2D eigenvalue weighted by Crippen LogP contribution is 2.32. The summed E-state index contributed by atoms with van der Waals surface area (Å²) in [7, 11) is 0. The third-order valence-electron chi connectivity index (χ3n) is 4.52. The first kappa shape index (κ1) is 11.8. The summed E-state index contributed by atoms with van der Waals surface area (Å²) in [5.74, 6) is 0. The van der Waals surface area contributed by atoms with Crippen molar-refractivity contribution in [3.8, 4) is 0 Å². The average Bonchev–Trinajstić information content (AvgIpc) is 2.60. The van der Waals surface area contributed by atoms with E-state index in [1.54, 1.807) is 0 Å². The molecule has 22 heavy (non-hydrogen) atoms. The summed E-state index contributed by atoms with van der Waals surface area (Å²) in [6, 6.07) is 31.6. The monoisotopic (exact) mass is 277 g/mol. The van der Waals surface area contributed by atoms with E-state index in [0.29, 0.717) is 0 Å². The van der Waals surface area contributed by atoms with Crippen molar-refractivity contribution in [2.75, 3.05) is 0 Å². The quantitative estimate of drug-likeness (QED) is 0.237. The molecule has 0 nitrogen and oxygen atoms in total. The highest BCUT2D eigenvalue weighted by Gasteiger charge is 2.05. The molecule has 0 fully saturated rings. The van der Waals surface area contributed by atoms with Gasteiger partial charge in [0, 0.05) is 0 Å². The Morgan fingerprint density at radius 3 is 2.18 bits per heavy atom. The van der Waals surface area contributed by atoms with E-state index < -0.39 is 0 Å². The maximum absolute atomic E-state index is 3.41. The Bertz CT molecular complexity index is 1080. The Hall–Kier alpha value is -2.86. The molecule has 0 bridgehead atoms. The second-order valence-electron chi connectivity index (χ2n) is 5.78. The van der Waals surface area contributed by atoms with E-state index in [1.165, 1.54) is 43.1 Å². The number of benzene rings is 5. The van der Waals surface area contributed by atoms with Gasteiger partial charge in [0.25, 0.3) is 0 Å². The van der Waals surface area contributed by atoms with Gasteiger partial charge in [0.2, 0.25) is 0 Å². The van der Waals surface area contributed by atoms with E-state index in [2.05, 4.69) is 72.8 Å². The molecule has 0 N–H and O–H groups in total. The molecule has 5 aromatic rings. The molecule has 0 aliphatic carbocycles. The van der Waals surface area contributed by atoms with E-state index in [9.17, 15) is 0 Å². The summed E-state index contributed by atoms with van der Waals surface area (Å²) in [5, 5.41) is 10.2. The molecule has 0 aromatic heterocycles. The number of fused-ring (bicyclic) bond motifs is 6. The highest BCUT2D eigenvalue weighted by atomic mass is 14.1. The van der Waals surface area contributed by atoms with Crippen LogP contribution in [0.1, 0.15) is 0 Å². The van der Waals surface area contributed by atoms with Gasteiger partial charge in [0.05, 0.1) is 0 Å². The molecule has 0 saturated carbocycles. The van der Waals surface area contributed by atoms with E-state index >= 15 is 0 Å². The minimum absolute atomic E-state index is 1.20. The Balaban J connectivity index is 2.05. The van der Waals surface area contributed by atoms with Crippen LogP contribution in [0.5, 0.6) is 0 Å². The van der Waals surface area contributed by atoms with Crippen molar-refractivity contribution in [3.63, 3.8) is 0 Å². The van der Waals surface area contributed by atoms with Crippen LogP contribution in [0.15, 0.2) is 78.9 Å². The smallest absolute Gasteiger partial charge is 0.00264 e. The fourth-order valence-corrected chi connectivity index (χ4v) is 3.43. The Morgan fingerprint density at radius 1 is 0.500 bits per heavy atom. The lowest BCUT2D eigenvalue weighted by Crippen LogP contribution is -1.81. The molecule has 5 aromatic carbocycles. The average molecular weight is 277 g/mol. The van der Waals surface area contributed by atoms with Crippen LogP contribution >= 0.6 is 0 Å². The zero-order valence-electron chi connectivity index (χ0n) is 12.0. The molecular weight excluding hydrogens is 264 g/mol. The minimum atomic E-state index is 1.20. The van der Waals surface area contributed by atoms with E-state index in [0.717, 1.165) is 0 Å². The zero-order valence-corrected chi connectivity index (χ0v) is 12.0. The largest absolute Gasteiger partial charge is 0.0616 e. The first-order valence-electron chi connectivity index (χ1n) is 7.55. The normalized spacial score (nSPS) is 11.6. The number of hydrogen-bond donors (Lipinski definition) is 0. The second-order valence-corrected chi connectivity index (χ2v) is 5.78. The van der Waals surface area contributed by atoms with Crippen LogP contribution < -0.4 is 0 Å². The van der Waals surface area contributed by atoms with Gasteiger partial charge in [0.1, 0.15) is 0 Å². The van der Waals surface area contributed by atoms with Gasteiger partial charge in [-0.05, 0) is 61.3 Å². The van der Waals surface area contributed by atoms with Crippen molar-refractivity contribution in [1.29, 1.82) is 0 Å². The van der Waals surface area contributed by atoms with Gasteiger partial charge in [-0.25, -0.2) is 0 Å². The predicted octanol–water partition coefficient (Wildman–Crippen LogP) is 6.10. The maximum Gasteiger partial charge on any atom is -0.00264 e. The fraction of sp³-hybridized carbons (Fsp3) is 0. The lowest BCUT2D eigenvalue weighted by molar-refractivity contribution is 1.77. The van der Waals surface area contributed by atoms with Gasteiger partial charge in [0.15, 0.2) is 0 Å². The fourth-order valence-electron chi connectivity index (χ4n) is 3.43. The predicted molar refractivity (Wildman–Crippen MR) is 95.3 cm³/mol. The number of hydrogen-bond acceptors (Lipinski definition) is 0. The van der Waals surface area contributed by atoms with Crippen molar-refractivity contribution in [2.45, 2.75) is 0 Å². The van der Waals surface area contributed by atoms with Crippen molar-refractivity contribution in [1.82, 2.24) is 0 Å². The summed E-state index contributed by atoms with van der Waals surface area (Å²) in [6.45, 7) is 0. The molecule has 0 spiro atoms. The van der Waals surface area contributed by atoms with Crippen LogP contribution in [-0.4, -0.2) is 0 Å². The molecule has 0 aliphatic heterocycles. The second kappa shape index (κ2) is 4.32. The van der Waals surface area contributed by atoms with E-state index in [1.807, 2.05) is 12.1 Å². The van der Waals surface area contributed by atoms with E-state index in [4.69, 9.17) is 0 Å². The summed E-state index contributed by atoms with van der Waals surface area (Å²) >= 11 is 0. The molecule has 0 aliphatic rings. The van der Waals surface area contributed by atoms with Gasteiger partial charge < -0.3 is 0 Å². The number of rotatable bonds is 0. The standard InChI is InChI=1S/C22H13/c1-3-7-19-15(5-1)9-11-17-13-18-12-10-16-6-2-4-8-20(16)22(18)14-21(17)19/h1-7,9-14H. The SMILES string of the molecule is [c]1cccc2ccc3cc4ccc5ccccc5c4cc3c12. The Kier molecular flexibility index (Phi) is 2.31. The summed E-state index contributed by atoms with van der Waals surface area (Å²) in [4.78, 5) is 0. The van der Waals surface area contributed by atoms with Crippen LogP contribution in [0.25, 0.3) is 43.1 Å². The third-order valence-corrected chi connectivity index (χ3v) is 4.52.